The van der Waals surface area contributed by atoms with Crippen LogP contribution in [-0.2, 0) is 13.1 Å². The molecule has 0 N–H and O–H groups in total. The Morgan fingerprint density at radius 1 is 0.682 bits per heavy atom. The Balaban J connectivity index is 1.59. The van der Waals surface area contributed by atoms with Crippen LogP contribution >= 0.6 is 0 Å². The van der Waals surface area contributed by atoms with Gasteiger partial charge in [0.15, 0.2) is 0 Å². The SMILES string of the molecule is C=C1CN(Cc2ccccc2)CCN(Cc2ccccc2)C1. The number of hydrogen-bond donors (Lipinski definition) is 0. The Kier molecular flexibility index (Phi) is 5.04. The van der Waals surface area contributed by atoms with E-state index in [0.29, 0.717) is 0 Å². The lowest BCUT2D eigenvalue weighted by molar-refractivity contribution is 0.247. The zero-order chi connectivity index (χ0) is 15.2. The van der Waals surface area contributed by atoms with Crippen LogP contribution in [0.4, 0.5) is 0 Å². The highest BCUT2D eigenvalue weighted by Gasteiger charge is 2.17. The van der Waals surface area contributed by atoms with Crippen LogP contribution in [0.1, 0.15) is 11.1 Å². The predicted octanol–water partition coefficient (Wildman–Crippen LogP) is 3.56. The maximum absolute atomic E-state index is 4.27. The van der Waals surface area contributed by atoms with Crippen molar-refractivity contribution in [2.45, 2.75) is 13.1 Å². The Bertz CT molecular complexity index is 538. The molecule has 0 aromatic heterocycles. The van der Waals surface area contributed by atoms with Gasteiger partial charge in [-0.2, -0.15) is 0 Å². The maximum atomic E-state index is 4.27. The fourth-order valence-electron chi connectivity index (χ4n) is 3.08. The summed E-state index contributed by atoms with van der Waals surface area (Å²) in [7, 11) is 0. The Morgan fingerprint density at radius 2 is 1.09 bits per heavy atom. The first-order valence-corrected chi connectivity index (χ1v) is 7.99. The van der Waals surface area contributed by atoms with Gasteiger partial charge in [0.05, 0.1) is 0 Å². The highest BCUT2D eigenvalue weighted by atomic mass is 15.2. The van der Waals surface area contributed by atoms with Gasteiger partial charge in [0.2, 0.25) is 0 Å². The fraction of sp³-hybridized carbons (Fsp3) is 0.300. The lowest BCUT2D eigenvalue weighted by Gasteiger charge is -2.21. The molecule has 1 saturated heterocycles. The van der Waals surface area contributed by atoms with Crippen LogP contribution < -0.4 is 0 Å². The van der Waals surface area contributed by atoms with Gasteiger partial charge in [0, 0.05) is 39.3 Å². The van der Waals surface area contributed by atoms with Gasteiger partial charge < -0.3 is 0 Å². The molecule has 22 heavy (non-hydrogen) atoms. The summed E-state index contributed by atoms with van der Waals surface area (Å²) < 4.78 is 0. The molecule has 3 rings (SSSR count). The molecule has 0 radical (unpaired) electrons. The van der Waals surface area contributed by atoms with Crippen molar-refractivity contribution in [2.24, 2.45) is 0 Å². The van der Waals surface area contributed by atoms with Crippen LogP contribution in [-0.4, -0.2) is 36.0 Å². The zero-order valence-corrected chi connectivity index (χ0v) is 13.1. The van der Waals surface area contributed by atoms with Crippen molar-refractivity contribution in [3.8, 4) is 0 Å². The van der Waals surface area contributed by atoms with Gasteiger partial charge in [0.25, 0.3) is 0 Å². The first kappa shape index (κ1) is 15.0. The van der Waals surface area contributed by atoms with Gasteiger partial charge in [-0.15, -0.1) is 0 Å². The number of hydrogen-bond acceptors (Lipinski definition) is 2. The van der Waals surface area contributed by atoms with Gasteiger partial charge >= 0.3 is 0 Å². The lowest BCUT2D eigenvalue weighted by atomic mass is 10.2. The average Bonchev–Trinajstić information content (AvgIpc) is 2.70. The molecular formula is C20H24N2. The Labute approximate surface area is 133 Å². The molecule has 2 aromatic carbocycles. The van der Waals surface area contributed by atoms with Gasteiger partial charge in [-0.05, 0) is 16.7 Å². The number of nitrogens with zero attached hydrogens (tertiary/aromatic N) is 2. The van der Waals surface area contributed by atoms with E-state index in [-0.39, 0.29) is 0 Å². The summed E-state index contributed by atoms with van der Waals surface area (Å²) in [5.74, 6) is 0. The van der Waals surface area contributed by atoms with Crippen molar-refractivity contribution >= 4 is 0 Å². The van der Waals surface area contributed by atoms with E-state index >= 15 is 0 Å². The molecule has 114 valence electrons. The van der Waals surface area contributed by atoms with Crippen molar-refractivity contribution in [1.29, 1.82) is 0 Å². The summed E-state index contributed by atoms with van der Waals surface area (Å²) in [6.45, 7) is 10.5. The molecule has 0 aliphatic carbocycles. The van der Waals surface area contributed by atoms with Crippen LogP contribution in [0.2, 0.25) is 0 Å². The third-order valence-electron chi connectivity index (χ3n) is 4.12. The Hall–Kier alpha value is -1.90. The molecule has 0 unspecified atom stereocenters. The van der Waals surface area contributed by atoms with Crippen LogP contribution in [0.3, 0.4) is 0 Å². The molecule has 1 aliphatic rings. The minimum atomic E-state index is 1.00. The van der Waals surface area contributed by atoms with Crippen LogP contribution in [0.15, 0.2) is 72.8 Å². The van der Waals surface area contributed by atoms with E-state index in [1.807, 2.05) is 0 Å². The van der Waals surface area contributed by atoms with Gasteiger partial charge in [0.1, 0.15) is 0 Å². The van der Waals surface area contributed by atoms with E-state index in [2.05, 4.69) is 77.0 Å². The number of benzene rings is 2. The second-order valence-electron chi connectivity index (χ2n) is 6.14. The third-order valence-corrected chi connectivity index (χ3v) is 4.12. The molecule has 1 fully saturated rings. The van der Waals surface area contributed by atoms with Crippen molar-refractivity contribution in [3.63, 3.8) is 0 Å². The summed E-state index contributed by atoms with van der Waals surface area (Å²) >= 11 is 0. The molecule has 1 aliphatic heterocycles. The van der Waals surface area contributed by atoms with Crippen LogP contribution in [0.25, 0.3) is 0 Å². The molecule has 0 saturated carbocycles. The molecule has 0 amide bonds. The minimum Gasteiger partial charge on any atom is -0.294 e. The molecule has 0 atom stereocenters. The summed E-state index contributed by atoms with van der Waals surface area (Å²) in [6, 6.07) is 21.4. The predicted molar refractivity (Wildman–Crippen MR) is 92.6 cm³/mol. The topological polar surface area (TPSA) is 6.48 Å². The normalized spacial score (nSPS) is 17.4. The van der Waals surface area contributed by atoms with E-state index in [9.17, 15) is 0 Å². The standard InChI is InChI=1S/C20H24N2/c1-18-14-21(16-19-8-4-2-5-9-19)12-13-22(15-18)17-20-10-6-3-7-11-20/h2-11H,1,12-17H2. The first-order valence-electron chi connectivity index (χ1n) is 7.99. The monoisotopic (exact) mass is 292 g/mol. The second-order valence-corrected chi connectivity index (χ2v) is 6.14. The molecule has 2 aromatic rings. The molecule has 2 nitrogen and oxygen atoms in total. The van der Waals surface area contributed by atoms with Gasteiger partial charge in [-0.3, -0.25) is 9.80 Å². The number of rotatable bonds is 4. The van der Waals surface area contributed by atoms with E-state index in [1.165, 1.54) is 16.7 Å². The van der Waals surface area contributed by atoms with Crippen molar-refractivity contribution in [2.75, 3.05) is 26.2 Å². The van der Waals surface area contributed by atoms with E-state index in [1.54, 1.807) is 0 Å². The van der Waals surface area contributed by atoms with Crippen molar-refractivity contribution in [3.05, 3.63) is 83.9 Å². The fourth-order valence-corrected chi connectivity index (χ4v) is 3.08. The van der Waals surface area contributed by atoms with E-state index in [0.717, 1.165) is 39.3 Å². The van der Waals surface area contributed by atoms with Gasteiger partial charge in [-0.1, -0.05) is 67.2 Å². The highest BCUT2D eigenvalue weighted by molar-refractivity contribution is 5.17. The zero-order valence-electron chi connectivity index (χ0n) is 13.1. The molecule has 1 heterocycles. The summed E-state index contributed by atoms with van der Waals surface area (Å²) in [5.41, 5.74) is 4.07. The summed E-state index contributed by atoms with van der Waals surface area (Å²) in [5, 5.41) is 0. The van der Waals surface area contributed by atoms with Crippen LogP contribution in [0, 0.1) is 0 Å². The van der Waals surface area contributed by atoms with Crippen LogP contribution in [0.5, 0.6) is 0 Å². The highest BCUT2D eigenvalue weighted by Crippen LogP contribution is 2.13. The first-order chi connectivity index (χ1) is 10.8. The molecule has 0 spiro atoms. The maximum Gasteiger partial charge on any atom is 0.0237 e. The molecular weight excluding hydrogens is 268 g/mol. The van der Waals surface area contributed by atoms with Crippen molar-refractivity contribution in [1.82, 2.24) is 9.80 Å². The van der Waals surface area contributed by atoms with Gasteiger partial charge in [-0.25, -0.2) is 0 Å². The molecule has 0 bridgehead atoms. The average molecular weight is 292 g/mol. The third kappa shape index (κ3) is 4.30. The smallest absolute Gasteiger partial charge is 0.0237 e. The minimum absolute atomic E-state index is 1.00. The summed E-state index contributed by atoms with van der Waals surface area (Å²) in [6.07, 6.45) is 0. The largest absolute Gasteiger partial charge is 0.294 e. The quantitative estimate of drug-likeness (QED) is 0.795. The van der Waals surface area contributed by atoms with E-state index < -0.39 is 0 Å². The molecule has 2 heteroatoms. The lowest BCUT2D eigenvalue weighted by Crippen LogP contribution is -2.30. The van der Waals surface area contributed by atoms with Crippen molar-refractivity contribution < 1.29 is 0 Å². The van der Waals surface area contributed by atoms with E-state index in [4.69, 9.17) is 0 Å². The summed E-state index contributed by atoms with van der Waals surface area (Å²) in [4.78, 5) is 5.01. The Morgan fingerprint density at radius 3 is 1.50 bits per heavy atom. The second kappa shape index (κ2) is 7.39.